The molecule has 98 valence electrons. The lowest BCUT2D eigenvalue weighted by Gasteiger charge is -2.22. The predicted molar refractivity (Wildman–Crippen MR) is 67.5 cm³/mol. The summed E-state index contributed by atoms with van der Waals surface area (Å²) in [5, 5.41) is 4.99. The van der Waals surface area contributed by atoms with E-state index in [2.05, 4.69) is 10.6 Å². The Hall–Kier alpha value is -1.91. The topological polar surface area (TPSA) is 58.2 Å². The quantitative estimate of drug-likeness (QED) is 0.792. The van der Waals surface area contributed by atoms with E-state index in [1.807, 2.05) is 13.8 Å². The van der Waals surface area contributed by atoms with Gasteiger partial charge in [0.1, 0.15) is 11.9 Å². The first kappa shape index (κ1) is 14.2. The lowest BCUT2D eigenvalue weighted by Crippen LogP contribution is -2.47. The highest BCUT2D eigenvalue weighted by Crippen LogP contribution is 2.16. The summed E-state index contributed by atoms with van der Waals surface area (Å²) in [6.45, 7) is 4.00. The second-order valence-electron chi connectivity index (χ2n) is 3.63. The van der Waals surface area contributed by atoms with Gasteiger partial charge in [-0.25, -0.2) is 4.39 Å². The number of hydrogen-bond acceptors (Lipinski definition) is 3. The fourth-order valence-corrected chi connectivity index (χ4v) is 1.60. The molecule has 1 fully saturated rings. The predicted octanol–water partition coefficient (Wildman–Crippen LogP) is 2.07. The molecule has 1 unspecified atom stereocenters. The number of carbonyl (C=O) groups is 2. The van der Waals surface area contributed by atoms with Crippen molar-refractivity contribution < 1.29 is 14.0 Å². The van der Waals surface area contributed by atoms with Gasteiger partial charge in [-0.1, -0.05) is 26.0 Å². The normalized spacial score (nSPS) is 18.5. The van der Waals surface area contributed by atoms with Gasteiger partial charge in [-0.2, -0.15) is 0 Å². The zero-order chi connectivity index (χ0) is 13.5. The lowest BCUT2D eigenvalue weighted by molar-refractivity contribution is -0.133. The first-order valence-electron chi connectivity index (χ1n) is 6.01. The summed E-state index contributed by atoms with van der Waals surface area (Å²) in [6, 6.07) is 5.57. The van der Waals surface area contributed by atoms with Gasteiger partial charge in [0, 0.05) is 6.42 Å². The Morgan fingerprint density at radius 3 is 2.56 bits per heavy atom. The van der Waals surface area contributed by atoms with Gasteiger partial charge < -0.3 is 5.32 Å². The van der Waals surface area contributed by atoms with Crippen molar-refractivity contribution in [2.75, 3.05) is 5.32 Å². The molecular formula is C13H17FN2O2. The van der Waals surface area contributed by atoms with E-state index in [4.69, 9.17) is 0 Å². The van der Waals surface area contributed by atoms with Crippen molar-refractivity contribution in [3.8, 4) is 0 Å². The van der Waals surface area contributed by atoms with E-state index in [1.54, 1.807) is 18.2 Å². The number of carbonyl (C=O) groups excluding carboxylic acids is 2. The molecule has 0 radical (unpaired) electrons. The van der Waals surface area contributed by atoms with E-state index in [9.17, 15) is 14.0 Å². The van der Waals surface area contributed by atoms with E-state index in [-0.39, 0.29) is 18.0 Å². The molecular weight excluding hydrogens is 235 g/mol. The Balaban J connectivity index is 0.000000771. The highest BCUT2D eigenvalue weighted by molar-refractivity contribution is 6.01. The van der Waals surface area contributed by atoms with Crippen LogP contribution in [0.2, 0.25) is 0 Å². The zero-order valence-electron chi connectivity index (χ0n) is 10.5. The molecule has 4 nitrogen and oxygen atoms in total. The number of anilines is 1. The Morgan fingerprint density at radius 2 is 1.94 bits per heavy atom. The number of hydrogen-bond donors (Lipinski definition) is 2. The second-order valence-corrected chi connectivity index (χ2v) is 3.63. The van der Waals surface area contributed by atoms with Crippen LogP contribution in [0.5, 0.6) is 0 Å². The molecule has 18 heavy (non-hydrogen) atoms. The SMILES string of the molecule is CC.O=C1CCC(Nc2ccccc2F)C(=O)N1. The van der Waals surface area contributed by atoms with Gasteiger partial charge in [0.2, 0.25) is 11.8 Å². The number of nitrogens with one attached hydrogen (secondary N) is 2. The molecule has 2 rings (SSSR count). The molecule has 1 saturated heterocycles. The Kier molecular flexibility index (Phi) is 5.30. The maximum Gasteiger partial charge on any atom is 0.249 e. The summed E-state index contributed by atoms with van der Waals surface area (Å²) in [4.78, 5) is 22.3. The van der Waals surface area contributed by atoms with Crippen molar-refractivity contribution >= 4 is 17.5 Å². The molecule has 0 bridgehead atoms. The summed E-state index contributed by atoms with van der Waals surface area (Å²) >= 11 is 0. The van der Waals surface area contributed by atoms with E-state index < -0.39 is 17.8 Å². The Labute approximate surface area is 106 Å². The number of imide groups is 1. The highest BCUT2D eigenvalue weighted by atomic mass is 19.1. The summed E-state index contributed by atoms with van der Waals surface area (Å²) < 4.78 is 13.3. The molecule has 1 aliphatic heterocycles. The van der Waals surface area contributed by atoms with Crippen LogP contribution in [-0.4, -0.2) is 17.9 Å². The average Bonchev–Trinajstić information content (AvgIpc) is 2.38. The molecule has 0 spiro atoms. The summed E-state index contributed by atoms with van der Waals surface area (Å²) in [7, 11) is 0. The zero-order valence-corrected chi connectivity index (χ0v) is 10.5. The number of para-hydroxylation sites is 1. The molecule has 0 saturated carbocycles. The van der Waals surface area contributed by atoms with E-state index >= 15 is 0 Å². The monoisotopic (exact) mass is 252 g/mol. The first-order valence-corrected chi connectivity index (χ1v) is 6.01. The third kappa shape index (κ3) is 3.55. The maximum absolute atomic E-state index is 13.3. The minimum atomic E-state index is -0.547. The van der Waals surface area contributed by atoms with Crippen LogP contribution in [-0.2, 0) is 9.59 Å². The molecule has 2 N–H and O–H groups in total. The van der Waals surface area contributed by atoms with Crippen LogP contribution in [0.1, 0.15) is 26.7 Å². The third-order valence-electron chi connectivity index (χ3n) is 2.44. The van der Waals surface area contributed by atoms with E-state index in [0.717, 1.165) is 0 Å². The molecule has 2 amide bonds. The van der Waals surface area contributed by atoms with Crippen LogP contribution in [0, 0.1) is 5.82 Å². The third-order valence-corrected chi connectivity index (χ3v) is 2.44. The minimum Gasteiger partial charge on any atom is -0.371 e. The van der Waals surface area contributed by atoms with Gasteiger partial charge in [-0.05, 0) is 18.6 Å². The Bertz CT molecular complexity index is 435. The molecule has 5 heteroatoms. The molecule has 0 aromatic heterocycles. The minimum absolute atomic E-state index is 0.275. The molecule has 0 aliphatic carbocycles. The van der Waals surface area contributed by atoms with Crippen molar-refractivity contribution in [3.63, 3.8) is 0 Å². The van der Waals surface area contributed by atoms with Crippen LogP contribution in [0.4, 0.5) is 10.1 Å². The fourth-order valence-electron chi connectivity index (χ4n) is 1.60. The number of piperidine rings is 1. The molecule has 1 heterocycles. The van der Waals surface area contributed by atoms with Crippen LogP contribution >= 0.6 is 0 Å². The van der Waals surface area contributed by atoms with Gasteiger partial charge >= 0.3 is 0 Å². The number of amides is 2. The largest absolute Gasteiger partial charge is 0.371 e. The maximum atomic E-state index is 13.3. The highest BCUT2D eigenvalue weighted by Gasteiger charge is 2.26. The second kappa shape index (κ2) is 6.74. The number of benzene rings is 1. The van der Waals surface area contributed by atoms with Crippen molar-refractivity contribution in [3.05, 3.63) is 30.1 Å². The molecule has 1 aliphatic rings. The molecule has 1 atom stereocenters. The van der Waals surface area contributed by atoms with Crippen LogP contribution in [0.3, 0.4) is 0 Å². The lowest BCUT2D eigenvalue weighted by atomic mass is 10.1. The first-order chi connectivity index (χ1) is 8.66. The van der Waals surface area contributed by atoms with Crippen LogP contribution in [0.25, 0.3) is 0 Å². The fraction of sp³-hybridized carbons (Fsp3) is 0.385. The van der Waals surface area contributed by atoms with Crippen molar-refractivity contribution in [1.29, 1.82) is 0 Å². The Morgan fingerprint density at radius 1 is 1.28 bits per heavy atom. The molecule has 1 aromatic rings. The van der Waals surface area contributed by atoms with Crippen molar-refractivity contribution in [2.45, 2.75) is 32.7 Å². The standard InChI is InChI=1S/C11H11FN2O2.C2H6/c12-7-3-1-2-4-8(7)13-9-5-6-10(15)14-11(9)16;1-2/h1-4,9,13H,5-6H2,(H,14,15,16);1-2H3. The van der Waals surface area contributed by atoms with Gasteiger partial charge in [0.15, 0.2) is 0 Å². The van der Waals surface area contributed by atoms with E-state index in [0.29, 0.717) is 6.42 Å². The summed E-state index contributed by atoms with van der Waals surface area (Å²) in [5.41, 5.74) is 0.275. The van der Waals surface area contributed by atoms with Crippen molar-refractivity contribution in [1.82, 2.24) is 5.32 Å². The number of rotatable bonds is 2. The number of halogens is 1. The average molecular weight is 252 g/mol. The van der Waals surface area contributed by atoms with Crippen LogP contribution in [0.15, 0.2) is 24.3 Å². The van der Waals surface area contributed by atoms with Crippen LogP contribution < -0.4 is 10.6 Å². The van der Waals surface area contributed by atoms with Gasteiger partial charge in [0.05, 0.1) is 5.69 Å². The summed E-state index contributed by atoms with van der Waals surface area (Å²) in [5.74, 6) is -1.09. The van der Waals surface area contributed by atoms with E-state index in [1.165, 1.54) is 6.07 Å². The van der Waals surface area contributed by atoms with Gasteiger partial charge in [-0.3, -0.25) is 14.9 Å². The van der Waals surface area contributed by atoms with Crippen molar-refractivity contribution in [2.24, 2.45) is 0 Å². The van der Waals surface area contributed by atoms with Gasteiger partial charge in [-0.15, -0.1) is 0 Å². The molecule has 1 aromatic carbocycles. The smallest absolute Gasteiger partial charge is 0.249 e. The summed E-state index contributed by atoms with van der Waals surface area (Å²) in [6.07, 6.45) is 0.664. The van der Waals surface area contributed by atoms with Gasteiger partial charge in [0.25, 0.3) is 0 Å².